The minimum Gasteiger partial charge on any atom is -0.396 e. The average Bonchev–Trinajstić information content (AvgIpc) is 2.81. The van der Waals surface area contributed by atoms with Gasteiger partial charge in [-0.2, -0.15) is 0 Å². The van der Waals surface area contributed by atoms with Crippen LogP contribution in [0.2, 0.25) is 0 Å². The van der Waals surface area contributed by atoms with Crippen LogP contribution in [-0.2, 0) is 6.54 Å². The van der Waals surface area contributed by atoms with Gasteiger partial charge in [0.1, 0.15) is 0 Å². The van der Waals surface area contributed by atoms with Crippen molar-refractivity contribution in [2.75, 3.05) is 6.61 Å². The predicted molar refractivity (Wildman–Crippen MR) is 78.4 cm³/mol. The molecule has 102 valence electrons. The van der Waals surface area contributed by atoms with E-state index in [9.17, 15) is 5.11 Å². The Balaban J connectivity index is 2.00. The summed E-state index contributed by atoms with van der Waals surface area (Å²) in [5, 5.41) is 17.7. The molecule has 1 heterocycles. The molecule has 0 saturated carbocycles. The summed E-state index contributed by atoms with van der Waals surface area (Å²) >= 11 is 0. The fourth-order valence-electron chi connectivity index (χ4n) is 2.53. The molecule has 1 atom stereocenters. The Hall–Kier alpha value is -2.33. The Labute approximate surface area is 116 Å². The molecule has 4 nitrogen and oxygen atoms in total. The molecule has 20 heavy (non-hydrogen) atoms. The van der Waals surface area contributed by atoms with Gasteiger partial charge in [0.25, 0.3) is 0 Å². The molecular weight excluding hydrogens is 250 g/mol. The van der Waals surface area contributed by atoms with Crippen LogP contribution in [0.1, 0.15) is 11.5 Å². The molecular formula is C16H17N3O. The number of para-hydroxylation sites is 2. The van der Waals surface area contributed by atoms with E-state index in [0.717, 1.165) is 16.6 Å². The molecule has 0 aliphatic heterocycles. The lowest BCUT2D eigenvalue weighted by Gasteiger charge is -2.15. The summed E-state index contributed by atoms with van der Waals surface area (Å²) in [6.45, 7) is 0.652. The second-order valence-electron chi connectivity index (χ2n) is 4.89. The van der Waals surface area contributed by atoms with E-state index in [1.54, 1.807) is 0 Å². The van der Waals surface area contributed by atoms with Gasteiger partial charge in [-0.15, -0.1) is 0 Å². The number of benzene rings is 2. The van der Waals surface area contributed by atoms with Crippen molar-refractivity contribution in [3.05, 3.63) is 65.8 Å². The minimum absolute atomic E-state index is 0.00972. The zero-order valence-corrected chi connectivity index (χ0v) is 11.1. The van der Waals surface area contributed by atoms with Crippen molar-refractivity contribution in [2.24, 2.45) is 0 Å². The van der Waals surface area contributed by atoms with Gasteiger partial charge < -0.3 is 14.7 Å². The van der Waals surface area contributed by atoms with E-state index in [4.69, 9.17) is 5.41 Å². The Morgan fingerprint density at radius 2 is 1.75 bits per heavy atom. The number of aliphatic hydroxyl groups is 1. The molecule has 0 fully saturated rings. The number of aromatic nitrogens is 2. The first kappa shape index (κ1) is 12.7. The molecule has 0 spiro atoms. The lowest BCUT2D eigenvalue weighted by atomic mass is 10.00. The first-order valence-electron chi connectivity index (χ1n) is 6.67. The van der Waals surface area contributed by atoms with Crippen LogP contribution >= 0.6 is 0 Å². The zero-order chi connectivity index (χ0) is 13.9. The number of aliphatic hydroxyl groups excluding tert-OH is 1. The molecule has 0 amide bonds. The third-order valence-electron chi connectivity index (χ3n) is 3.61. The van der Waals surface area contributed by atoms with Crippen LogP contribution in [-0.4, -0.2) is 21.3 Å². The second kappa shape index (κ2) is 5.35. The van der Waals surface area contributed by atoms with Gasteiger partial charge >= 0.3 is 0 Å². The number of nitrogens with one attached hydrogen (secondary N) is 2. The lowest BCUT2D eigenvalue weighted by molar-refractivity contribution is 0.253. The summed E-state index contributed by atoms with van der Waals surface area (Å²) < 4.78 is 1.91. The largest absolute Gasteiger partial charge is 0.396 e. The fourth-order valence-corrected chi connectivity index (χ4v) is 2.53. The molecule has 1 aromatic heterocycles. The van der Waals surface area contributed by atoms with Crippen molar-refractivity contribution in [1.29, 1.82) is 5.41 Å². The van der Waals surface area contributed by atoms with Gasteiger partial charge in [0, 0.05) is 12.5 Å². The van der Waals surface area contributed by atoms with Gasteiger partial charge in [-0.3, -0.25) is 5.41 Å². The van der Waals surface area contributed by atoms with Gasteiger partial charge in [0.2, 0.25) is 0 Å². The number of hydrogen-bond donors (Lipinski definition) is 3. The van der Waals surface area contributed by atoms with Crippen molar-refractivity contribution in [3.8, 4) is 0 Å². The van der Waals surface area contributed by atoms with Gasteiger partial charge in [0.05, 0.1) is 17.6 Å². The van der Waals surface area contributed by atoms with Crippen LogP contribution in [0.4, 0.5) is 0 Å². The van der Waals surface area contributed by atoms with Gasteiger partial charge in [0.15, 0.2) is 5.62 Å². The normalized spacial score (nSPS) is 12.7. The number of hydrogen-bond acceptors (Lipinski definition) is 2. The maximum atomic E-state index is 9.66. The average molecular weight is 267 g/mol. The molecule has 1 unspecified atom stereocenters. The van der Waals surface area contributed by atoms with Gasteiger partial charge in [-0.25, -0.2) is 0 Å². The zero-order valence-electron chi connectivity index (χ0n) is 11.1. The van der Waals surface area contributed by atoms with Crippen LogP contribution in [0.15, 0.2) is 54.6 Å². The smallest absolute Gasteiger partial charge is 0.200 e. The molecule has 3 N–H and O–H groups in total. The maximum Gasteiger partial charge on any atom is 0.200 e. The third-order valence-corrected chi connectivity index (χ3v) is 3.61. The summed E-state index contributed by atoms with van der Waals surface area (Å²) in [4.78, 5) is 3.06. The van der Waals surface area contributed by atoms with Gasteiger partial charge in [-0.1, -0.05) is 42.5 Å². The van der Waals surface area contributed by atoms with Crippen LogP contribution in [0.3, 0.4) is 0 Å². The first-order chi connectivity index (χ1) is 9.79. The van der Waals surface area contributed by atoms with Crippen molar-refractivity contribution in [1.82, 2.24) is 9.55 Å². The van der Waals surface area contributed by atoms with Crippen molar-refractivity contribution >= 4 is 11.0 Å². The number of H-pyrrole nitrogens is 1. The number of fused-ring (bicyclic) bond motifs is 1. The molecule has 2 aromatic carbocycles. The van der Waals surface area contributed by atoms with E-state index < -0.39 is 0 Å². The van der Waals surface area contributed by atoms with E-state index in [2.05, 4.69) is 4.98 Å². The molecule has 3 aromatic rings. The topological polar surface area (TPSA) is 64.8 Å². The molecule has 0 saturated heterocycles. The van der Waals surface area contributed by atoms with Crippen molar-refractivity contribution < 1.29 is 5.11 Å². The summed E-state index contributed by atoms with van der Waals surface area (Å²) in [7, 11) is 0. The number of aromatic amines is 1. The van der Waals surface area contributed by atoms with Crippen molar-refractivity contribution in [3.63, 3.8) is 0 Å². The van der Waals surface area contributed by atoms with Gasteiger partial charge in [-0.05, 0) is 17.7 Å². The highest BCUT2D eigenvalue weighted by Gasteiger charge is 2.13. The highest BCUT2D eigenvalue weighted by Crippen LogP contribution is 2.19. The first-order valence-corrected chi connectivity index (χ1v) is 6.67. The summed E-state index contributed by atoms with van der Waals surface area (Å²) in [5.41, 5.74) is 3.39. The predicted octanol–water partition coefficient (Wildman–Crippen LogP) is 2.22. The Bertz CT molecular complexity index is 758. The number of nitrogens with zero attached hydrogens (tertiary/aromatic N) is 1. The van der Waals surface area contributed by atoms with Crippen molar-refractivity contribution in [2.45, 2.75) is 12.5 Å². The Kier molecular flexibility index (Phi) is 3.39. The van der Waals surface area contributed by atoms with Crippen LogP contribution in [0, 0.1) is 5.41 Å². The van der Waals surface area contributed by atoms with Crippen LogP contribution in [0.5, 0.6) is 0 Å². The molecule has 3 rings (SSSR count). The molecule has 0 radical (unpaired) electrons. The molecule has 0 aliphatic rings. The Morgan fingerprint density at radius 3 is 2.50 bits per heavy atom. The SMILES string of the molecule is N=c1[nH]c2ccccc2n1CC(CO)c1ccccc1. The Morgan fingerprint density at radius 1 is 1.05 bits per heavy atom. The number of imidazole rings is 1. The lowest BCUT2D eigenvalue weighted by Crippen LogP contribution is -2.22. The second-order valence-corrected chi connectivity index (χ2v) is 4.89. The minimum atomic E-state index is -0.00972. The third kappa shape index (κ3) is 2.26. The summed E-state index contributed by atoms with van der Waals surface area (Å²) in [6, 6.07) is 17.8. The van der Waals surface area contributed by atoms with Crippen LogP contribution in [0.25, 0.3) is 11.0 Å². The molecule has 4 heteroatoms. The fraction of sp³-hybridized carbons (Fsp3) is 0.188. The number of rotatable bonds is 4. The highest BCUT2D eigenvalue weighted by atomic mass is 16.3. The van der Waals surface area contributed by atoms with E-state index >= 15 is 0 Å². The molecule has 0 aliphatic carbocycles. The van der Waals surface area contributed by atoms with Crippen LogP contribution < -0.4 is 5.62 Å². The molecule has 0 bridgehead atoms. The van der Waals surface area contributed by atoms with E-state index in [0.29, 0.717) is 12.2 Å². The van der Waals surface area contributed by atoms with E-state index in [1.165, 1.54) is 0 Å². The highest BCUT2D eigenvalue weighted by molar-refractivity contribution is 5.74. The van der Waals surface area contributed by atoms with E-state index in [1.807, 2.05) is 59.2 Å². The standard InChI is InChI=1S/C16H17N3O/c17-16-18-14-8-4-5-9-15(14)19(16)10-13(11-20)12-6-2-1-3-7-12/h1-9,13,20H,10-11H2,(H2,17,18). The summed E-state index contributed by atoms with van der Waals surface area (Å²) in [5.74, 6) is -0.00972. The van der Waals surface area contributed by atoms with E-state index in [-0.39, 0.29) is 12.5 Å². The monoisotopic (exact) mass is 267 g/mol. The maximum absolute atomic E-state index is 9.66. The quantitative estimate of drug-likeness (QED) is 0.667. The summed E-state index contributed by atoms with van der Waals surface area (Å²) in [6.07, 6.45) is 0.